The first-order valence-corrected chi connectivity index (χ1v) is 7.89. The van der Waals surface area contributed by atoms with Crippen molar-refractivity contribution in [2.24, 2.45) is 5.92 Å². The van der Waals surface area contributed by atoms with Crippen molar-refractivity contribution in [2.45, 2.75) is 25.8 Å². The van der Waals surface area contributed by atoms with Gasteiger partial charge in [-0.1, -0.05) is 18.2 Å². The highest BCUT2D eigenvalue weighted by molar-refractivity contribution is 5.79. The SMILES string of the molecule is COc1ccc(Cc2ccc3c(cnn3CC3CC3)c2)cc1. The van der Waals surface area contributed by atoms with Crippen molar-refractivity contribution in [1.29, 1.82) is 0 Å². The van der Waals surface area contributed by atoms with Crippen LogP contribution >= 0.6 is 0 Å². The molecule has 1 aliphatic rings. The highest BCUT2D eigenvalue weighted by Gasteiger charge is 2.22. The first-order valence-electron chi connectivity index (χ1n) is 7.89. The predicted molar refractivity (Wildman–Crippen MR) is 88.3 cm³/mol. The van der Waals surface area contributed by atoms with Gasteiger partial charge in [0.05, 0.1) is 18.8 Å². The molecule has 0 aliphatic heterocycles. The van der Waals surface area contributed by atoms with E-state index in [-0.39, 0.29) is 0 Å². The van der Waals surface area contributed by atoms with E-state index < -0.39 is 0 Å². The molecule has 1 fully saturated rings. The molecule has 0 radical (unpaired) electrons. The molecular formula is C19H20N2O. The Morgan fingerprint density at radius 2 is 1.86 bits per heavy atom. The Morgan fingerprint density at radius 3 is 2.59 bits per heavy atom. The number of nitrogens with zero attached hydrogens (tertiary/aromatic N) is 2. The average Bonchev–Trinajstić information content (AvgIpc) is 3.28. The van der Waals surface area contributed by atoms with Crippen molar-refractivity contribution in [3.8, 4) is 5.75 Å². The molecule has 0 saturated heterocycles. The van der Waals surface area contributed by atoms with Gasteiger partial charge in [-0.2, -0.15) is 5.10 Å². The number of hydrogen-bond donors (Lipinski definition) is 0. The number of benzene rings is 2. The summed E-state index contributed by atoms with van der Waals surface area (Å²) in [6, 6.07) is 15.0. The second-order valence-electron chi connectivity index (χ2n) is 6.19. The number of fused-ring (bicyclic) bond motifs is 1. The molecule has 0 atom stereocenters. The standard InChI is InChI=1S/C19H20N2O/c1-22-18-7-4-14(5-8-18)10-16-6-9-19-17(11-16)12-20-21(19)13-15-2-3-15/h4-9,11-12,15H,2-3,10,13H2,1H3. The summed E-state index contributed by atoms with van der Waals surface area (Å²) in [5, 5.41) is 5.79. The second-order valence-corrected chi connectivity index (χ2v) is 6.19. The molecule has 1 aliphatic carbocycles. The lowest BCUT2D eigenvalue weighted by molar-refractivity contribution is 0.414. The summed E-state index contributed by atoms with van der Waals surface area (Å²) in [7, 11) is 1.70. The number of ether oxygens (including phenoxy) is 1. The third kappa shape index (κ3) is 2.71. The van der Waals surface area contributed by atoms with Crippen molar-refractivity contribution in [3.63, 3.8) is 0 Å². The minimum Gasteiger partial charge on any atom is -0.497 e. The minimum absolute atomic E-state index is 0.849. The number of hydrogen-bond acceptors (Lipinski definition) is 2. The molecule has 0 bridgehead atoms. The van der Waals surface area contributed by atoms with Gasteiger partial charge in [0, 0.05) is 11.9 Å². The fourth-order valence-electron chi connectivity index (χ4n) is 2.92. The molecule has 3 nitrogen and oxygen atoms in total. The summed E-state index contributed by atoms with van der Waals surface area (Å²) >= 11 is 0. The summed E-state index contributed by atoms with van der Waals surface area (Å²) in [6.45, 7) is 1.07. The van der Waals surface area contributed by atoms with E-state index in [1.165, 1.54) is 34.9 Å². The van der Waals surface area contributed by atoms with Crippen LogP contribution in [0.3, 0.4) is 0 Å². The number of rotatable bonds is 5. The largest absolute Gasteiger partial charge is 0.497 e. The quantitative estimate of drug-likeness (QED) is 0.709. The van der Waals surface area contributed by atoms with E-state index in [2.05, 4.69) is 40.1 Å². The minimum atomic E-state index is 0.849. The molecule has 22 heavy (non-hydrogen) atoms. The molecule has 1 heterocycles. The summed E-state index contributed by atoms with van der Waals surface area (Å²) in [5.74, 6) is 1.75. The third-order valence-corrected chi connectivity index (χ3v) is 4.40. The molecule has 112 valence electrons. The summed E-state index contributed by atoms with van der Waals surface area (Å²) in [4.78, 5) is 0. The van der Waals surface area contributed by atoms with E-state index >= 15 is 0 Å². The van der Waals surface area contributed by atoms with Gasteiger partial charge in [-0.25, -0.2) is 0 Å². The van der Waals surface area contributed by atoms with Gasteiger partial charge in [-0.3, -0.25) is 4.68 Å². The van der Waals surface area contributed by atoms with Crippen molar-refractivity contribution in [2.75, 3.05) is 7.11 Å². The lowest BCUT2D eigenvalue weighted by Crippen LogP contribution is -2.01. The van der Waals surface area contributed by atoms with Crippen LogP contribution in [-0.4, -0.2) is 16.9 Å². The van der Waals surface area contributed by atoms with Gasteiger partial charge in [0.2, 0.25) is 0 Å². The van der Waals surface area contributed by atoms with Crippen molar-refractivity contribution in [1.82, 2.24) is 9.78 Å². The molecule has 2 aromatic carbocycles. The monoisotopic (exact) mass is 292 g/mol. The summed E-state index contributed by atoms with van der Waals surface area (Å²) in [5.41, 5.74) is 3.87. The Bertz CT molecular complexity index is 785. The van der Waals surface area contributed by atoms with Crippen LogP contribution in [0.4, 0.5) is 0 Å². The third-order valence-electron chi connectivity index (χ3n) is 4.40. The van der Waals surface area contributed by atoms with Gasteiger partial charge in [-0.05, 0) is 60.6 Å². The Kier molecular flexibility index (Phi) is 3.34. The van der Waals surface area contributed by atoms with Gasteiger partial charge in [0.15, 0.2) is 0 Å². The maximum absolute atomic E-state index is 5.21. The summed E-state index contributed by atoms with van der Waals surface area (Å²) < 4.78 is 7.36. The average molecular weight is 292 g/mol. The number of methoxy groups -OCH3 is 1. The number of aromatic nitrogens is 2. The highest BCUT2D eigenvalue weighted by atomic mass is 16.5. The molecule has 3 aromatic rings. The molecule has 1 saturated carbocycles. The molecule has 0 amide bonds. The van der Waals surface area contributed by atoms with E-state index in [1.54, 1.807) is 7.11 Å². The lowest BCUT2D eigenvalue weighted by Gasteiger charge is -2.05. The van der Waals surface area contributed by atoms with Crippen molar-refractivity contribution < 1.29 is 4.74 Å². The molecule has 4 rings (SSSR count). The Hall–Kier alpha value is -2.29. The van der Waals surface area contributed by atoms with E-state index in [9.17, 15) is 0 Å². The lowest BCUT2D eigenvalue weighted by atomic mass is 10.0. The maximum atomic E-state index is 5.21. The van der Waals surface area contributed by atoms with Gasteiger partial charge in [-0.15, -0.1) is 0 Å². The summed E-state index contributed by atoms with van der Waals surface area (Å²) in [6.07, 6.45) is 5.65. The molecular weight excluding hydrogens is 272 g/mol. The van der Waals surface area contributed by atoms with Gasteiger partial charge in [0.1, 0.15) is 5.75 Å². The Balaban J connectivity index is 1.56. The maximum Gasteiger partial charge on any atom is 0.118 e. The molecule has 1 aromatic heterocycles. The highest BCUT2D eigenvalue weighted by Crippen LogP contribution is 2.31. The topological polar surface area (TPSA) is 27.1 Å². The first kappa shape index (κ1) is 13.4. The molecule has 0 spiro atoms. The molecule has 0 N–H and O–H groups in total. The first-order chi connectivity index (χ1) is 10.8. The zero-order valence-electron chi connectivity index (χ0n) is 12.8. The molecule has 0 unspecified atom stereocenters. The fraction of sp³-hybridized carbons (Fsp3) is 0.316. The van der Waals surface area contributed by atoms with Crippen LogP contribution in [0.5, 0.6) is 5.75 Å². The van der Waals surface area contributed by atoms with Gasteiger partial charge >= 0.3 is 0 Å². The van der Waals surface area contributed by atoms with Crippen molar-refractivity contribution >= 4 is 10.9 Å². The van der Waals surface area contributed by atoms with Crippen LogP contribution in [0, 0.1) is 5.92 Å². The van der Waals surface area contributed by atoms with E-state index in [0.717, 1.165) is 24.6 Å². The van der Waals surface area contributed by atoms with Crippen LogP contribution < -0.4 is 4.74 Å². The van der Waals surface area contributed by atoms with Crippen LogP contribution in [0.1, 0.15) is 24.0 Å². The van der Waals surface area contributed by atoms with E-state index in [0.29, 0.717) is 0 Å². The predicted octanol–water partition coefficient (Wildman–Crippen LogP) is 4.05. The Morgan fingerprint density at radius 1 is 1.09 bits per heavy atom. The normalized spacial score (nSPS) is 14.4. The van der Waals surface area contributed by atoms with Gasteiger partial charge in [0.25, 0.3) is 0 Å². The van der Waals surface area contributed by atoms with Crippen LogP contribution in [0.15, 0.2) is 48.7 Å². The second kappa shape index (κ2) is 5.48. The zero-order valence-corrected chi connectivity index (χ0v) is 12.8. The van der Waals surface area contributed by atoms with Crippen LogP contribution in [-0.2, 0) is 13.0 Å². The van der Waals surface area contributed by atoms with Crippen LogP contribution in [0.2, 0.25) is 0 Å². The van der Waals surface area contributed by atoms with Crippen LogP contribution in [0.25, 0.3) is 10.9 Å². The van der Waals surface area contributed by atoms with E-state index in [1.807, 2.05) is 18.3 Å². The Labute approximate surface area is 130 Å². The molecule has 3 heteroatoms. The van der Waals surface area contributed by atoms with E-state index in [4.69, 9.17) is 4.74 Å². The smallest absolute Gasteiger partial charge is 0.118 e. The van der Waals surface area contributed by atoms with Gasteiger partial charge < -0.3 is 4.74 Å². The zero-order chi connectivity index (χ0) is 14.9. The van der Waals surface area contributed by atoms with Crippen molar-refractivity contribution in [3.05, 3.63) is 59.8 Å². The fourth-order valence-corrected chi connectivity index (χ4v) is 2.92.